The first-order chi connectivity index (χ1) is 9.16. The standard InChI is InChI=1S/C13H14ClN3O2/c14-10-6-2-5-9-12(13(18)19)16-11(17(9)10)7-15-8-3-1-4-8/h2,5-6,8,15H,1,3-4,7H2,(H,18,19). The highest BCUT2D eigenvalue weighted by Crippen LogP contribution is 2.21. The van der Waals surface area contributed by atoms with Crippen molar-refractivity contribution in [2.75, 3.05) is 0 Å². The monoisotopic (exact) mass is 279 g/mol. The van der Waals surface area contributed by atoms with Crippen molar-refractivity contribution in [3.05, 3.63) is 34.9 Å². The van der Waals surface area contributed by atoms with E-state index < -0.39 is 5.97 Å². The second-order valence-corrected chi connectivity index (χ2v) is 5.15. The smallest absolute Gasteiger partial charge is 0.356 e. The van der Waals surface area contributed by atoms with Gasteiger partial charge in [0.1, 0.15) is 11.0 Å². The summed E-state index contributed by atoms with van der Waals surface area (Å²) in [4.78, 5) is 15.4. The Bertz CT molecular complexity index is 634. The molecule has 0 unspecified atom stereocenters. The number of rotatable bonds is 4. The maximum absolute atomic E-state index is 11.2. The van der Waals surface area contributed by atoms with E-state index in [1.165, 1.54) is 19.3 Å². The van der Waals surface area contributed by atoms with Gasteiger partial charge in [-0.15, -0.1) is 0 Å². The van der Waals surface area contributed by atoms with Crippen LogP contribution in [0.4, 0.5) is 0 Å². The number of carbonyl (C=O) groups is 1. The first-order valence-electron chi connectivity index (χ1n) is 6.29. The van der Waals surface area contributed by atoms with Crippen LogP contribution in [0.1, 0.15) is 35.6 Å². The van der Waals surface area contributed by atoms with Crippen molar-refractivity contribution in [3.8, 4) is 0 Å². The summed E-state index contributed by atoms with van der Waals surface area (Å²) < 4.78 is 1.69. The molecule has 0 atom stereocenters. The highest BCUT2D eigenvalue weighted by atomic mass is 35.5. The van der Waals surface area contributed by atoms with Gasteiger partial charge in [-0.2, -0.15) is 0 Å². The number of carboxylic acid groups (broad SMARTS) is 1. The summed E-state index contributed by atoms with van der Waals surface area (Å²) in [5, 5.41) is 13.0. The van der Waals surface area contributed by atoms with Gasteiger partial charge in [0.05, 0.1) is 12.1 Å². The van der Waals surface area contributed by atoms with Crippen molar-refractivity contribution in [1.29, 1.82) is 0 Å². The van der Waals surface area contributed by atoms with Crippen molar-refractivity contribution in [1.82, 2.24) is 14.7 Å². The van der Waals surface area contributed by atoms with E-state index in [0.29, 0.717) is 29.1 Å². The van der Waals surface area contributed by atoms with Crippen LogP contribution < -0.4 is 5.32 Å². The molecule has 0 aromatic carbocycles. The molecule has 2 aromatic rings. The third-order valence-corrected chi connectivity index (χ3v) is 3.84. The largest absolute Gasteiger partial charge is 0.476 e. The van der Waals surface area contributed by atoms with Gasteiger partial charge in [0, 0.05) is 6.04 Å². The molecule has 0 radical (unpaired) electrons. The summed E-state index contributed by atoms with van der Waals surface area (Å²) in [6.07, 6.45) is 3.59. The highest BCUT2D eigenvalue weighted by Gasteiger charge is 2.20. The fourth-order valence-electron chi connectivity index (χ4n) is 2.29. The third kappa shape index (κ3) is 2.19. The fourth-order valence-corrected chi connectivity index (χ4v) is 2.55. The minimum absolute atomic E-state index is 0.0490. The van der Waals surface area contributed by atoms with Crippen LogP contribution in [-0.2, 0) is 6.54 Å². The van der Waals surface area contributed by atoms with Gasteiger partial charge in [-0.25, -0.2) is 9.78 Å². The van der Waals surface area contributed by atoms with Gasteiger partial charge in [-0.05, 0) is 25.0 Å². The van der Waals surface area contributed by atoms with E-state index in [9.17, 15) is 9.90 Å². The van der Waals surface area contributed by atoms with Crippen molar-refractivity contribution >= 4 is 23.1 Å². The first-order valence-corrected chi connectivity index (χ1v) is 6.67. The zero-order valence-corrected chi connectivity index (χ0v) is 11.0. The molecular formula is C13H14ClN3O2. The molecule has 1 fully saturated rings. The van der Waals surface area contributed by atoms with E-state index in [0.717, 1.165) is 0 Å². The number of nitrogens with one attached hydrogen (secondary N) is 1. The zero-order chi connectivity index (χ0) is 13.4. The molecule has 0 saturated heterocycles. The summed E-state index contributed by atoms with van der Waals surface area (Å²) in [5.74, 6) is -0.389. The van der Waals surface area contributed by atoms with E-state index in [1.807, 2.05) is 0 Å². The average molecular weight is 280 g/mol. The molecule has 0 bridgehead atoms. The van der Waals surface area contributed by atoms with Crippen LogP contribution in [0.25, 0.3) is 5.52 Å². The van der Waals surface area contributed by atoms with Crippen LogP contribution in [0.2, 0.25) is 5.15 Å². The molecule has 1 aliphatic carbocycles. The van der Waals surface area contributed by atoms with Gasteiger partial charge >= 0.3 is 5.97 Å². The lowest BCUT2D eigenvalue weighted by Gasteiger charge is -2.26. The predicted octanol–water partition coefficient (Wildman–Crippen LogP) is 2.33. The average Bonchev–Trinajstić information content (AvgIpc) is 2.68. The Labute approximate surface area is 115 Å². The zero-order valence-electron chi connectivity index (χ0n) is 10.3. The lowest BCUT2D eigenvalue weighted by Crippen LogP contribution is -2.35. The van der Waals surface area contributed by atoms with Gasteiger partial charge in [0.25, 0.3) is 0 Å². The van der Waals surface area contributed by atoms with Gasteiger partial charge in [-0.3, -0.25) is 4.40 Å². The Balaban J connectivity index is 1.99. The van der Waals surface area contributed by atoms with Gasteiger partial charge in [-0.1, -0.05) is 24.1 Å². The summed E-state index contributed by atoms with van der Waals surface area (Å²) in [5.41, 5.74) is 0.582. The second kappa shape index (κ2) is 4.83. The Morgan fingerprint density at radius 2 is 2.32 bits per heavy atom. The van der Waals surface area contributed by atoms with Gasteiger partial charge < -0.3 is 10.4 Å². The van der Waals surface area contributed by atoms with Crippen molar-refractivity contribution < 1.29 is 9.90 Å². The minimum atomic E-state index is -1.03. The molecule has 1 aliphatic rings. The quantitative estimate of drug-likeness (QED) is 0.843. The molecule has 3 rings (SSSR count). The molecule has 100 valence electrons. The molecular weight excluding hydrogens is 266 g/mol. The highest BCUT2D eigenvalue weighted by molar-refractivity contribution is 6.29. The molecule has 2 N–H and O–H groups in total. The number of aromatic nitrogens is 2. The van der Waals surface area contributed by atoms with Crippen LogP contribution in [0, 0.1) is 0 Å². The summed E-state index contributed by atoms with van der Waals surface area (Å²) >= 11 is 6.15. The molecule has 2 aromatic heterocycles. The van der Waals surface area contributed by atoms with Crippen molar-refractivity contribution in [3.63, 3.8) is 0 Å². The predicted molar refractivity (Wildman–Crippen MR) is 71.6 cm³/mol. The number of imidazole rings is 1. The topological polar surface area (TPSA) is 66.6 Å². The van der Waals surface area contributed by atoms with E-state index in [4.69, 9.17) is 11.6 Å². The number of aromatic carboxylic acids is 1. The maximum atomic E-state index is 11.2. The molecule has 19 heavy (non-hydrogen) atoms. The fraction of sp³-hybridized carbons (Fsp3) is 0.385. The maximum Gasteiger partial charge on any atom is 0.356 e. The van der Waals surface area contributed by atoms with Crippen molar-refractivity contribution in [2.45, 2.75) is 31.8 Å². The van der Waals surface area contributed by atoms with E-state index >= 15 is 0 Å². The lowest BCUT2D eigenvalue weighted by molar-refractivity contribution is 0.0693. The Morgan fingerprint density at radius 1 is 1.53 bits per heavy atom. The Hall–Kier alpha value is -1.59. The SMILES string of the molecule is O=C(O)c1nc(CNC2CCC2)n2c(Cl)cccc12. The van der Waals surface area contributed by atoms with E-state index in [-0.39, 0.29) is 5.69 Å². The summed E-state index contributed by atoms with van der Waals surface area (Å²) in [6.45, 7) is 0.531. The van der Waals surface area contributed by atoms with Crippen molar-refractivity contribution in [2.24, 2.45) is 0 Å². The second-order valence-electron chi connectivity index (χ2n) is 4.76. The number of nitrogens with zero attached hydrogens (tertiary/aromatic N) is 2. The Kier molecular flexibility index (Phi) is 3.16. The number of pyridine rings is 1. The van der Waals surface area contributed by atoms with Crippen LogP contribution >= 0.6 is 11.6 Å². The molecule has 6 heteroatoms. The Morgan fingerprint density at radius 3 is 2.95 bits per heavy atom. The number of fused-ring (bicyclic) bond motifs is 1. The number of hydrogen-bond donors (Lipinski definition) is 2. The number of halogens is 1. The first kappa shape index (κ1) is 12.4. The minimum Gasteiger partial charge on any atom is -0.476 e. The molecule has 0 aliphatic heterocycles. The molecule has 5 nitrogen and oxygen atoms in total. The van der Waals surface area contributed by atoms with Crippen LogP contribution in [0.3, 0.4) is 0 Å². The van der Waals surface area contributed by atoms with E-state index in [2.05, 4.69) is 10.3 Å². The third-order valence-electron chi connectivity index (χ3n) is 3.54. The van der Waals surface area contributed by atoms with E-state index in [1.54, 1.807) is 22.6 Å². The van der Waals surface area contributed by atoms with Crippen LogP contribution in [0.5, 0.6) is 0 Å². The van der Waals surface area contributed by atoms with Gasteiger partial charge in [0.2, 0.25) is 0 Å². The molecule has 0 amide bonds. The lowest BCUT2D eigenvalue weighted by atomic mass is 9.93. The number of carboxylic acids is 1. The molecule has 1 saturated carbocycles. The van der Waals surface area contributed by atoms with Crippen LogP contribution in [0.15, 0.2) is 18.2 Å². The summed E-state index contributed by atoms with van der Waals surface area (Å²) in [6, 6.07) is 5.70. The number of hydrogen-bond acceptors (Lipinski definition) is 3. The molecule has 2 heterocycles. The normalized spacial score (nSPS) is 15.6. The van der Waals surface area contributed by atoms with Gasteiger partial charge in [0.15, 0.2) is 5.69 Å². The molecule has 0 spiro atoms. The van der Waals surface area contributed by atoms with Crippen LogP contribution in [-0.4, -0.2) is 26.5 Å². The summed E-state index contributed by atoms with van der Waals surface area (Å²) in [7, 11) is 0.